The predicted octanol–water partition coefficient (Wildman–Crippen LogP) is 2.05. The Hall–Kier alpha value is -2.05. The number of ether oxygens (including phenoxy) is 1. The number of carbonyl (C=O) groups excluding carboxylic acids is 1. The van der Waals surface area contributed by atoms with E-state index in [-0.39, 0.29) is 18.1 Å². The van der Waals surface area contributed by atoms with E-state index < -0.39 is 0 Å². The summed E-state index contributed by atoms with van der Waals surface area (Å²) in [6.45, 7) is 2.19. The van der Waals surface area contributed by atoms with Crippen molar-refractivity contribution in [2.45, 2.75) is 13.5 Å². The fourth-order valence-corrected chi connectivity index (χ4v) is 2.25. The van der Waals surface area contributed by atoms with Crippen molar-refractivity contribution in [2.24, 2.45) is 0 Å². The summed E-state index contributed by atoms with van der Waals surface area (Å²) in [5, 5.41) is 3.48. The standard InChI is InChI=1S/C15H15Cl2N3O3/c1-10-6-15(22)20(9-19-10)5-4-18-14(21)8-23-13-3-2-11(16)7-12(13)17/h2-3,6-7,9H,4-5,8H2,1H3,(H,18,21). The van der Waals surface area contributed by atoms with Gasteiger partial charge in [-0.05, 0) is 25.1 Å². The Bertz CT molecular complexity index is 762. The summed E-state index contributed by atoms with van der Waals surface area (Å²) < 4.78 is 6.73. The number of nitrogens with one attached hydrogen (secondary N) is 1. The SMILES string of the molecule is Cc1cc(=O)n(CCNC(=O)COc2ccc(Cl)cc2Cl)cn1. The molecule has 0 saturated heterocycles. The van der Waals surface area contributed by atoms with Gasteiger partial charge in [0.25, 0.3) is 11.5 Å². The molecule has 1 aromatic carbocycles. The number of carbonyl (C=O) groups is 1. The Morgan fingerprint density at radius 2 is 2.13 bits per heavy atom. The van der Waals surface area contributed by atoms with Gasteiger partial charge in [0, 0.05) is 29.9 Å². The number of aryl methyl sites for hydroxylation is 1. The number of amides is 1. The van der Waals surface area contributed by atoms with Gasteiger partial charge in [-0.2, -0.15) is 0 Å². The van der Waals surface area contributed by atoms with E-state index in [0.29, 0.717) is 34.6 Å². The minimum atomic E-state index is -0.316. The molecule has 6 nitrogen and oxygen atoms in total. The van der Waals surface area contributed by atoms with Crippen LogP contribution in [0.3, 0.4) is 0 Å². The van der Waals surface area contributed by atoms with Crippen molar-refractivity contribution < 1.29 is 9.53 Å². The topological polar surface area (TPSA) is 73.2 Å². The number of halogens is 2. The first kappa shape index (κ1) is 17.3. The van der Waals surface area contributed by atoms with Gasteiger partial charge in [0.2, 0.25) is 0 Å². The third kappa shape index (κ3) is 5.26. The maximum absolute atomic E-state index is 11.7. The average Bonchev–Trinajstić information content (AvgIpc) is 2.48. The zero-order chi connectivity index (χ0) is 16.8. The van der Waals surface area contributed by atoms with Crippen LogP contribution in [0.5, 0.6) is 5.75 Å². The Kier molecular flexibility index (Phi) is 6.01. The Morgan fingerprint density at radius 3 is 2.83 bits per heavy atom. The van der Waals surface area contributed by atoms with Gasteiger partial charge >= 0.3 is 0 Å². The Labute approximate surface area is 143 Å². The molecule has 0 bridgehead atoms. The van der Waals surface area contributed by atoms with Crippen molar-refractivity contribution >= 4 is 29.1 Å². The van der Waals surface area contributed by atoms with Crippen LogP contribution in [0.2, 0.25) is 10.0 Å². The highest BCUT2D eigenvalue weighted by Crippen LogP contribution is 2.27. The van der Waals surface area contributed by atoms with Gasteiger partial charge in [0.1, 0.15) is 5.75 Å². The van der Waals surface area contributed by atoms with Crippen molar-refractivity contribution in [3.05, 3.63) is 56.7 Å². The normalized spacial score (nSPS) is 10.4. The first-order chi connectivity index (χ1) is 11.0. The molecule has 1 N–H and O–H groups in total. The lowest BCUT2D eigenvalue weighted by atomic mass is 10.3. The summed E-state index contributed by atoms with van der Waals surface area (Å²) in [6, 6.07) is 6.19. The van der Waals surface area contributed by atoms with E-state index >= 15 is 0 Å². The second kappa shape index (κ2) is 7.99. The molecule has 1 amide bonds. The summed E-state index contributed by atoms with van der Waals surface area (Å²) in [5.74, 6) is 0.0642. The van der Waals surface area contributed by atoms with Crippen LogP contribution in [0.25, 0.3) is 0 Å². The zero-order valence-corrected chi connectivity index (χ0v) is 13.9. The highest BCUT2D eigenvalue weighted by atomic mass is 35.5. The van der Waals surface area contributed by atoms with Gasteiger partial charge in [0.15, 0.2) is 6.61 Å². The lowest BCUT2D eigenvalue weighted by Crippen LogP contribution is -2.33. The fourth-order valence-electron chi connectivity index (χ4n) is 1.79. The van der Waals surface area contributed by atoms with Gasteiger partial charge < -0.3 is 10.1 Å². The van der Waals surface area contributed by atoms with Gasteiger partial charge in [-0.1, -0.05) is 23.2 Å². The smallest absolute Gasteiger partial charge is 0.258 e. The second-order valence-corrected chi connectivity index (χ2v) is 5.62. The zero-order valence-electron chi connectivity index (χ0n) is 12.4. The lowest BCUT2D eigenvalue weighted by molar-refractivity contribution is -0.123. The molecule has 0 spiro atoms. The summed E-state index contributed by atoms with van der Waals surface area (Å²) in [7, 11) is 0. The van der Waals surface area contributed by atoms with E-state index in [2.05, 4.69) is 10.3 Å². The molecule has 0 aliphatic carbocycles. The van der Waals surface area contributed by atoms with Crippen LogP contribution in [-0.2, 0) is 11.3 Å². The van der Waals surface area contributed by atoms with Crippen LogP contribution in [0.1, 0.15) is 5.69 Å². The fraction of sp³-hybridized carbons (Fsp3) is 0.267. The number of aromatic nitrogens is 2. The van der Waals surface area contributed by atoms with Gasteiger partial charge in [-0.25, -0.2) is 4.98 Å². The van der Waals surface area contributed by atoms with Crippen LogP contribution in [0.15, 0.2) is 35.4 Å². The van der Waals surface area contributed by atoms with E-state index in [1.807, 2.05) is 0 Å². The van der Waals surface area contributed by atoms with Crippen molar-refractivity contribution in [3.63, 3.8) is 0 Å². The highest BCUT2D eigenvalue weighted by Gasteiger charge is 2.06. The maximum Gasteiger partial charge on any atom is 0.258 e. The Balaban J connectivity index is 1.78. The predicted molar refractivity (Wildman–Crippen MR) is 88.2 cm³/mol. The van der Waals surface area contributed by atoms with E-state index in [9.17, 15) is 9.59 Å². The molecular formula is C15H15Cl2N3O3. The molecule has 8 heteroatoms. The summed E-state index contributed by atoms with van der Waals surface area (Å²) in [6.07, 6.45) is 1.45. The van der Waals surface area contributed by atoms with Crippen LogP contribution in [0, 0.1) is 6.92 Å². The van der Waals surface area contributed by atoms with Crippen molar-refractivity contribution in [2.75, 3.05) is 13.2 Å². The first-order valence-corrected chi connectivity index (χ1v) is 7.59. The highest BCUT2D eigenvalue weighted by molar-refractivity contribution is 6.35. The molecule has 2 rings (SSSR count). The minimum absolute atomic E-state index is 0.157. The molecule has 23 heavy (non-hydrogen) atoms. The average molecular weight is 356 g/mol. The number of hydrogen-bond donors (Lipinski definition) is 1. The maximum atomic E-state index is 11.7. The summed E-state index contributed by atoms with van der Waals surface area (Å²) >= 11 is 11.7. The molecule has 0 aliphatic rings. The molecule has 122 valence electrons. The molecule has 0 fully saturated rings. The monoisotopic (exact) mass is 355 g/mol. The second-order valence-electron chi connectivity index (χ2n) is 4.78. The third-order valence-electron chi connectivity index (χ3n) is 2.94. The van der Waals surface area contributed by atoms with E-state index in [1.54, 1.807) is 19.1 Å². The number of rotatable bonds is 6. The molecule has 2 aromatic rings. The first-order valence-electron chi connectivity index (χ1n) is 6.83. The van der Waals surface area contributed by atoms with Crippen molar-refractivity contribution in [1.82, 2.24) is 14.9 Å². The van der Waals surface area contributed by atoms with Crippen LogP contribution >= 0.6 is 23.2 Å². The largest absolute Gasteiger partial charge is 0.482 e. The molecule has 0 unspecified atom stereocenters. The van der Waals surface area contributed by atoms with E-state index in [0.717, 1.165) is 0 Å². The van der Waals surface area contributed by atoms with E-state index in [4.69, 9.17) is 27.9 Å². The van der Waals surface area contributed by atoms with E-state index in [1.165, 1.54) is 23.0 Å². The summed E-state index contributed by atoms with van der Waals surface area (Å²) in [4.78, 5) is 27.4. The lowest BCUT2D eigenvalue weighted by Gasteiger charge is -2.09. The van der Waals surface area contributed by atoms with Crippen LogP contribution < -0.4 is 15.6 Å². The summed E-state index contributed by atoms with van der Waals surface area (Å²) in [5.41, 5.74) is 0.500. The van der Waals surface area contributed by atoms with Crippen molar-refractivity contribution in [1.29, 1.82) is 0 Å². The van der Waals surface area contributed by atoms with Crippen LogP contribution in [-0.4, -0.2) is 28.6 Å². The quantitative estimate of drug-likeness (QED) is 0.860. The molecule has 0 radical (unpaired) electrons. The molecule has 1 aromatic heterocycles. The number of nitrogens with zero attached hydrogens (tertiary/aromatic N) is 2. The van der Waals surface area contributed by atoms with Crippen LogP contribution in [0.4, 0.5) is 0 Å². The van der Waals surface area contributed by atoms with Gasteiger partial charge in [0.05, 0.1) is 11.3 Å². The number of hydrogen-bond acceptors (Lipinski definition) is 4. The molecular weight excluding hydrogens is 341 g/mol. The Morgan fingerprint density at radius 1 is 1.35 bits per heavy atom. The number of benzene rings is 1. The van der Waals surface area contributed by atoms with Gasteiger partial charge in [-0.3, -0.25) is 14.2 Å². The van der Waals surface area contributed by atoms with Gasteiger partial charge in [-0.15, -0.1) is 0 Å². The molecule has 0 atom stereocenters. The molecule has 1 heterocycles. The minimum Gasteiger partial charge on any atom is -0.482 e. The molecule has 0 aliphatic heterocycles. The molecule has 0 saturated carbocycles. The van der Waals surface area contributed by atoms with Crippen molar-refractivity contribution in [3.8, 4) is 5.75 Å². The third-order valence-corrected chi connectivity index (χ3v) is 3.47.